The van der Waals surface area contributed by atoms with Crippen molar-refractivity contribution in [2.45, 2.75) is 6.92 Å². The summed E-state index contributed by atoms with van der Waals surface area (Å²) in [6, 6.07) is 21.1. The Hall–Kier alpha value is -3.12. The largest absolute Gasteiger partial charge is 0.482 e. The van der Waals surface area contributed by atoms with Gasteiger partial charge in [-0.25, -0.2) is 4.79 Å². The Balaban J connectivity index is 1.52. The number of carbonyl (C=O) groups excluding carboxylic acids is 2. The van der Waals surface area contributed by atoms with Crippen molar-refractivity contribution in [1.82, 2.24) is 0 Å². The third-order valence-electron chi connectivity index (χ3n) is 3.81. The van der Waals surface area contributed by atoms with Crippen molar-refractivity contribution in [3.8, 4) is 11.5 Å². The average Bonchev–Trinajstić information content (AvgIpc) is 2.69. The van der Waals surface area contributed by atoms with Crippen LogP contribution < -0.4 is 14.8 Å². The Labute approximate surface area is 171 Å². The fourth-order valence-electron chi connectivity index (χ4n) is 2.37. The number of rotatable bonds is 6. The van der Waals surface area contributed by atoms with Crippen molar-refractivity contribution in [3.63, 3.8) is 0 Å². The van der Waals surface area contributed by atoms with E-state index in [4.69, 9.17) is 9.47 Å². The fraction of sp³-hybridized carbons (Fsp3) is 0.0909. The summed E-state index contributed by atoms with van der Waals surface area (Å²) in [5.41, 5.74) is 2.30. The summed E-state index contributed by atoms with van der Waals surface area (Å²) in [6.07, 6.45) is 0. The van der Waals surface area contributed by atoms with E-state index in [1.54, 1.807) is 36.4 Å². The van der Waals surface area contributed by atoms with Crippen LogP contribution >= 0.6 is 15.9 Å². The van der Waals surface area contributed by atoms with Crippen molar-refractivity contribution in [2.24, 2.45) is 0 Å². The quantitative estimate of drug-likeness (QED) is 0.433. The van der Waals surface area contributed by atoms with Gasteiger partial charge in [0.15, 0.2) is 6.61 Å². The molecule has 28 heavy (non-hydrogen) atoms. The second-order valence-corrected chi connectivity index (χ2v) is 6.98. The normalized spacial score (nSPS) is 10.2. The Morgan fingerprint density at radius 3 is 2.32 bits per heavy atom. The monoisotopic (exact) mass is 439 g/mol. The highest BCUT2D eigenvalue weighted by Gasteiger charge is 2.09. The number of carbonyl (C=O) groups is 2. The maximum atomic E-state index is 12.3. The summed E-state index contributed by atoms with van der Waals surface area (Å²) in [4.78, 5) is 24.2. The first kappa shape index (κ1) is 19.6. The first-order valence-corrected chi connectivity index (χ1v) is 9.36. The lowest BCUT2D eigenvalue weighted by Gasteiger charge is -2.08. The van der Waals surface area contributed by atoms with Gasteiger partial charge in [-0.2, -0.15) is 0 Å². The molecule has 1 amide bonds. The zero-order valence-electron chi connectivity index (χ0n) is 15.1. The van der Waals surface area contributed by atoms with Crippen molar-refractivity contribution in [1.29, 1.82) is 0 Å². The third kappa shape index (κ3) is 5.69. The SMILES string of the molecule is Cc1ccc(NC(=O)c2ccc(OC(=O)COc3cccc(Br)c3)cc2)cc1. The first-order valence-electron chi connectivity index (χ1n) is 8.57. The van der Waals surface area contributed by atoms with E-state index < -0.39 is 5.97 Å². The van der Waals surface area contributed by atoms with E-state index in [1.807, 2.05) is 43.3 Å². The molecule has 0 radical (unpaired) electrons. The number of benzene rings is 3. The zero-order chi connectivity index (χ0) is 19.9. The third-order valence-corrected chi connectivity index (χ3v) is 4.30. The highest BCUT2D eigenvalue weighted by Crippen LogP contribution is 2.18. The zero-order valence-corrected chi connectivity index (χ0v) is 16.7. The lowest BCUT2D eigenvalue weighted by molar-refractivity contribution is -0.136. The average molecular weight is 440 g/mol. The minimum absolute atomic E-state index is 0.216. The summed E-state index contributed by atoms with van der Waals surface area (Å²) < 4.78 is 11.5. The standard InChI is InChI=1S/C22H18BrNO4/c1-15-5-9-18(10-6-15)24-22(26)16-7-11-19(12-8-16)28-21(25)14-27-20-4-2-3-17(23)13-20/h2-13H,14H2,1H3,(H,24,26). The summed E-state index contributed by atoms with van der Waals surface area (Å²) >= 11 is 3.34. The van der Waals surface area contributed by atoms with Crippen LogP contribution in [0.4, 0.5) is 5.69 Å². The number of esters is 1. The molecule has 0 spiro atoms. The van der Waals surface area contributed by atoms with Crippen LogP contribution in [0.2, 0.25) is 0 Å². The number of aryl methyl sites for hydroxylation is 1. The van der Waals surface area contributed by atoms with Gasteiger partial charge in [0.1, 0.15) is 11.5 Å². The van der Waals surface area contributed by atoms with Crippen molar-refractivity contribution < 1.29 is 19.1 Å². The maximum Gasteiger partial charge on any atom is 0.349 e. The molecule has 0 bridgehead atoms. The van der Waals surface area contributed by atoms with Crippen LogP contribution in [-0.2, 0) is 4.79 Å². The van der Waals surface area contributed by atoms with Gasteiger partial charge in [0.2, 0.25) is 0 Å². The van der Waals surface area contributed by atoms with Crippen LogP contribution in [0.25, 0.3) is 0 Å². The lowest BCUT2D eigenvalue weighted by Crippen LogP contribution is -2.18. The molecule has 5 nitrogen and oxygen atoms in total. The molecule has 1 N–H and O–H groups in total. The van der Waals surface area contributed by atoms with Gasteiger partial charge in [0, 0.05) is 15.7 Å². The number of nitrogens with one attached hydrogen (secondary N) is 1. The summed E-state index contributed by atoms with van der Waals surface area (Å²) in [5.74, 6) is 0.140. The van der Waals surface area contributed by atoms with E-state index in [1.165, 1.54) is 0 Å². The Morgan fingerprint density at radius 1 is 0.929 bits per heavy atom. The number of halogens is 1. The Kier molecular flexibility index (Phi) is 6.45. The summed E-state index contributed by atoms with van der Waals surface area (Å²) in [7, 11) is 0. The molecular formula is C22H18BrNO4. The first-order chi connectivity index (χ1) is 13.5. The molecule has 0 unspecified atom stereocenters. The topological polar surface area (TPSA) is 64.6 Å². The van der Waals surface area contributed by atoms with Crippen LogP contribution in [-0.4, -0.2) is 18.5 Å². The molecule has 0 atom stereocenters. The van der Waals surface area contributed by atoms with Gasteiger partial charge in [-0.05, 0) is 61.5 Å². The van der Waals surface area contributed by atoms with E-state index in [2.05, 4.69) is 21.2 Å². The predicted octanol–water partition coefficient (Wildman–Crippen LogP) is 4.99. The summed E-state index contributed by atoms with van der Waals surface area (Å²) in [6.45, 7) is 1.77. The van der Waals surface area contributed by atoms with Gasteiger partial charge in [0.25, 0.3) is 5.91 Å². The van der Waals surface area contributed by atoms with Crippen LogP contribution in [0.5, 0.6) is 11.5 Å². The molecule has 0 aliphatic heterocycles. The van der Waals surface area contributed by atoms with Gasteiger partial charge >= 0.3 is 5.97 Å². The molecule has 142 valence electrons. The van der Waals surface area contributed by atoms with Crippen molar-refractivity contribution >= 4 is 33.5 Å². The van der Waals surface area contributed by atoms with E-state index in [9.17, 15) is 9.59 Å². The molecule has 3 aromatic rings. The summed E-state index contributed by atoms with van der Waals surface area (Å²) in [5, 5.41) is 2.82. The fourth-order valence-corrected chi connectivity index (χ4v) is 2.75. The molecule has 0 fully saturated rings. The second-order valence-electron chi connectivity index (χ2n) is 6.06. The minimum Gasteiger partial charge on any atom is -0.482 e. The van der Waals surface area contributed by atoms with Crippen molar-refractivity contribution in [2.75, 3.05) is 11.9 Å². The van der Waals surface area contributed by atoms with E-state index in [0.717, 1.165) is 15.7 Å². The molecule has 0 saturated heterocycles. The van der Waals surface area contributed by atoms with Gasteiger partial charge < -0.3 is 14.8 Å². The van der Waals surface area contributed by atoms with Crippen LogP contribution in [0.1, 0.15) is 15.9 Å². The van der Waals surface area contributed by atoms with Gasteiger partial charge in [-0.15, -0.1) is 0 Å². The molecule has 3 aromatic carbocycles. The number of anilines is 1. The smallest absolute Gasteiger partial charge is 0.349 e. The number of ether oxygens (including phenoxy) is 2. The lowest BCUT2D eigenvalue weighted by atomic mass is 10.2. The van der Waals surface area contributed by atoms with Crippen molar-refractivity contribution in [3.05, 3.63) is 88.4 Å². The highest BCUT2D eigenvalue weighted by atomic mass is 79.9. The molecule has 0 saturated carbocycles. The van der Waals surface area contributed by atoms with Gasteiger partial charge in [0.05, 0.1) is 0 Å². The van der Waals surface area contributed by atoms with E-state index >= 15 is 0 Å². The van der Waals surface area contributed by atoms with Gasteiger partial charge in [-0.3, -0.25) is 4.79 Å². The molecule has 0 aliphatic rings. The van der Waals surface area contributed by atoms with Gasteiger partial charge in [-0.1, -0.05) is 39.7 Å². The second kappa shape index (κ2) is 9.19. The molecule has 0 heterocycles. The minimum atomic E-state index is -0.531. The Morgan fingerprint density at radius 2 is 1.64 bits per heavy atom. The number of hydrogen-bond acceptors (Lipinski definition) is 4. The van der Waals surface area contributed by atoms with Crippen LogP contribution in [0.3, 0.4) is 0 Å². The Bertz CT molecular complexity index is 969. The number of amides is 1. The molecule has 0 aromatic heterocycles. The molecular weight excluding hydrogens is 422 g/mol. The maximum absolute atomic E-state index is 12.3. The van der Waals surface area contributed by atoms with Crippen LogP contribution in [0, 0.1) is 6.92 Å². The molecule has 6 heteroatoms. The highest BCUT2D eigenvalue weighted by molar-refractivity contribution is 9.10. The van der Waals surface area contributed by atoms with E-state index in [-0.39, 0.29) is 12.5 Å². The van der Waals surface area contributed by atoms with Crippen LogP contribution in [0.15, 0.2) is 77.3 Å². The number of hydrogen-bond donors (Lipinski definition) is 1. The molecule has 3 rings (SSSR count). The van der Waals surface area contributed by atoms with E-state index in [0.29, 0.717) is 17.1 Å². The molecule has 0 aliphatic carbocycles. The predicted molar refractivity (Wildman–Crippen MR) is 111 cm³/mol.